The second-order valence-corrected chi connectivity index (χ2v) is 6.45. The molecule has 3 aromatic carbocycles. The smallest absolute Gasteiger partial charge is 0.315 e. The molecule has 0 spiro atoms. The van der Waals surface area contributed by atoms with Crippen molar-refractivity contribution in [1.29, 1.82) is 0 Å². The highest BCUT2D eigenvalue weighted by Gasteiger charge is 2.11. The third-order valence-electron chi connectivity index (χ3n) is 3.89. The van der Waals surface area contributed by atoms with Crippen molar-refractivity contribution in [3.63, 3.8) is 0 Å². The van der Waals surface area contributed by atoms with Crippen molar-refractivity contribution in [2.75, 3.05) is 5.32 Å². The Labute approximate surface area is 162 Å². The van der Waals surface area contributed by atoms with Crippen molar-refractivity contribution in [2.45, 2.75) is 13.3 Å². The quantitative estimate of drug-likeness (QED) is 0.495. The van der Waals surface area contributed by atoms with E-state index in [-0.39, 0.29) is 12.3 Å². The number of benzene rings is 3. The maximum absolute atomic E-state index is 12.2. The molecule has 0 radical (unpaired) electrons. The monoisotopic (exact) mass is 379 g/mol. The van der Waals surface area contributed by atoms with Crippen LogP contribution in [0.15, 0.2) is 72.8 Å². The summed E-state index contributed by atoms with van der Waals surface area (Å²) < 4.78 is 5.39. The number of anilines is 1. The first-order valence-electron chi connectivity index (χ1n) is 8.43. The van der Waals surface area contributed by atoms with Crippen LogP contribution in [0, 0.1) is 0 Å². The van der Waals surface area contributed by atoms with Gasteiger partial charge in [0.2, 0.25) is 5.91 Å². The van der Waals surface area contributed by atoms with E-state index in [1.54, 1.807) is 36.4 Å². The van der Waals surface area contributed by atoms with Crippen LogP contribution < -0.4 is 10.1 Å². The Balaban J connectivity index is 1.64. The standard InChI is InChI=1S/C22H18ClNO3/c1-15(25)24-19-10-7-16(8-11-19)13-22(26)27-21-12-9-18(14-20(21)23)17-5-3-2-4-6-17/h2-12,14H,13H2,1H3,(H,24,25). The Hall–Kier alpha value is -3.11. The van der Waals surface area contributed by atoms with Gasteiger partial charge < -0.3 is 10.1 Å². The summed E-state index contributed by atoms with van der Waals surface area (Å²) in [5.41, 5.74) is 3.45. The van der Waals surface area contributed by atoms with Crippen LogP contribution in [0.4, 0.5) is 5.69 Å². The van der Waals surface area contributed by atoms with E-state index in [9.17, 15) is 9.59 Å². The molecule has 3 rings (SSSR count). The van der Waals surface area contributed by atoms with Gasteiger partial charge in [-0.2, -0.15) is 0 Å². The highest BCUT2D eigenvalue weighted by atomic mass is 35.5. The minimum atomic E-state index is -0.406. The van der Waals surface area contributed by atoms with Crippen LogP contribution >= 0.6 is 11.6 Å². The Bertz CT molecular complexity index is 953. The number of halogens is 1. The Morgan fingerprint density at radius 2 is 1.63 bits per heavy atom. The lowest BCUT2D eigenvalue weighted by Gasteiger charge is -2.09. The fourth-order valence-corrected chi connectivity index (χ4v) is 2.85. The molecule has 0 aliphatic carbocycles. The van der Waals surface area contributed by atoms with Gasteiger partial charge in [-0.05, 0) is 41.0 Å². The third kappa shape index (κ3) is 5.19. The molecule has 0 saturated heterocycles. The summed E-state index contributed by atoms with van der Waals surface area (Å²) in [6.45, 7) is 1.44. The average Bonchev–Trinajstić information content (AvgIpc) is 2.65. The van der Waals surface area contributed by atoms with Gasteiger partial charge in [0.1, 0.15) is 5.75 Å². The Kier molecular flexibility index (Phi) is 5.89. The summed E-state index contributed by atoms with van der Waals surface area (Å²) in [4.78, 5) is 23.2. The van der Waals surface area contributed by atoms with Gasteiger partial charge in [-0.15, -0.1) is 0 Å². The molecule has 0 fully saturated rings. The summed E-state index contributed by atoms with van der Waals surface area (Å²) in [5.74, 6) is -0.219. The van der Waals surface area contributed by atoms with Gasteiger partial charge in [0.15, 0.2) is 0 Å². The van der Waals surface area contributed by atoms with Crippen molar-refractivity contribution in [1.82, 2.24) is 0 Å². The van der Waals surface area contributed by atoms with Crippen molar-refractivity contribution >= 4 is 29.2 Å². The minimum Gasteiger partial charge on any atom is -0.425 e. The number of ether oxygens (including phenoxy) is 1. The largest absolute Gasteiger partial charge is 0.425 e. The van der Waals surface area contributed by atoms with Gasteiger partial charge in [0.25, 0.3) is 0 Å². The lowest BCUT2D eigenvalue weighted by atomic mass is 10.1. The number of carbonyl (C=O) groups excluding carboxylic acids is 2. The van der Waals surface area contributed by atoms with E-state index in [1.807, 2.05) is 36.4 Å². The molecule has 136 valence electrons. The molecule has 0 aliphatic rings. The van der Waals surface area contributed by atoms with Crippen LogP contribution in [0.25, 0.3) is 11.1 Å². The molecule has 3 aromatic rings. The van der Waals surface area contributed by atoms with Crippen LogP contribution in [0.2, 0.25) is 5.02 Å². The summed E-state index contributed by atoms with van der Waals surface area (Å²) in [6.07, 6.45) is 0.108. The second kappa shape index (κ2) is 8.52. The number of rotatable bonds is 5. The van der Waals surface area contributed by atoms with Gasteiger partial charge in [-0.25, -0.2) is 0 Å². The van der Waals surface area contributed by atoms with E-state index in [0.717, 1.165) is 16.7 Å². The summed E-state index contributed by atoms with van der Waals surface area (Å²) >= 11 is 6.28. The summed E-state index contributed by atoms with van der Waals surface area (Å²) in [7, 11) is 0. The number of hydrogen-bond acceptors (Lipinski definition) is 3. The maximum atomic E-state index is 12.2. The average molecular weight is 380 g/mol. The van der Waals surface area contributed by atoms with Crippen LogP contribution in [0.5, 0.6) is 5.75 Å². The predicted molar refractivity (Wildman–Crippen MR) is 107 cm³/mol. The second-order valence-electron chi connectivity index (χ2n) is 6.04. The lowest BCUT2D eigenvalue weighted by Crippen LogP contribution is -2.12. The van der Waals surface area contributed by atoms with Gasteiger partial charge >= 0.3 is 5.97 Å². The van der Waals surface area contributed by atoms with Gasteiger partial charge in [0, 0.05) is 12.6 Å². The third-order valence-corrected chi connectivity index (χ3v) is 4.18. The normalized spacial score (nSPS) is 10.3. The molecule has 0 saturated carbocycles. The molecule has 0 aromatic heterocycles. The van der Waals surface area contributed by atoms with Crippen molar-refractivity contribution in [2.24, 2.45) is 0 Å². The van der Waals surface area contributed by atoms with Crippen LogP contribution in [0.1, 0.15) is 12.5 Å². The fraction of sp³-hybridized carbons (Fsp3) is 0.0909. The zero-order valence-electron chi connectivity index (χ0n) is 14.7. The van der Waals surface area contributed by atoms with E-state index in [4.69, 9.17) is 16.3 Å². The minimum absolute atomic E-state index is 0.108. The van der Waals surface area contributed by atoms with E-state index in [2.05, 4.69) is 5.32 Å². The highest BCUT2D eigenvalue weighted by molar-refractivity contribution is 6.32. The molecule has 4 nitrogen and oxygen atoms in total. The Morgan fingerprint density at radius 1 is 0.926 bits per heavy atom. The van der Waals surface area contributed by atoms with Gasteiger partial charge in [0.05, 0.1) is 11.4 Å². The van der Waals surface area contributed by atoms with Crippen LogP contribution in [-0.4, -0.2) is 11.9 Å². The first-order chi connectivity index (χ1) is 13.0. The SMILES string of the molecule is CC(=O)Nc1ccc(CC(=O)Oc2ccc(-c3ccccc3)cc2Cl)cc1. The molecule has 1 N–H and O–H groups in total. The maximum Gasteiger partial charge on any atom is 0.315 e. The lowest BCUT2D eigenvalue weighted by molar-refractivity contribution is -0.133. The van der Waals surface area contributed by atoms with Crippen LogP contribution in [-0.2, 0) is 16.0 Å². The number of carbonyl (C=O) groups is 2. The molecule has 0 bridgehead atoms. The van der Waals surface area contributed by atoms with E-state index in [1.165, 1.54) is 6.92 Å². The van der Waals surface area contributed by atoms with Gasteiger partial charge in [-0.1, -0.05) is 60.1 Å². The molecule has 0 atom stereocenters. The van der Waals surface area contributed by atoms with Crippen LogP contribution in [0.3, 0.4) is 0 Å². The van der Waals surface area contributed by atoms with E-state index in [0.29, 0.717) is 16.5 Å². The summed E-state index contributed by atoms with van der Waals surface area (Å²) in [5, 5.41) is 3.06. The zero-order chi connectivity index (χ0) is 19.2. The number of hydrogen-bond donors (Lipinski definition) is 1. The van der Waals surface area contributed by atoms with Crippen molar-refractivity contribution < 1.29 is 14.3 Å². The first-order valence-corrected chi connectivity index (χ1v) is 8.81. The molecule has 0 heterocycles. The molecular weight excluding hydrogens is 362 g/mol. The van der Waals surface area contributed by atoms with E-state index < -0.39 is 5.97 Å². The molecule has 0 unspecified atom stereocenters. The van der Waals surface area contributed by atoms with Crippen molar-refractivity contribution in [3.8, 4) is 16.9 Å². The molecular formula is C22H18ClNO3. The Morgan fingerprint density at radius 3 is 2.26 bits per heavy atom. The fourth-order valence-electron chi connectivity index (χ4n) is 2.63. The molecule has 1 amide bonds. The van der Waals surface area contributed by atoms with E-state index >= 15 is 0 Å². The topological polar surface area (TPSA) is 55.4 Å². The highest BCUT2D eigenvalue weighted by Crippen LogP contribution is 2.30. The molecule has 0 aliphatic heterocycles. The number of nitrogens with one attached hydrogen (secondary N) is 1. The number of esters is 1. The van der Waals surface area contributed by atoms with Crippen molar-refractivity contribution in [3.05, 3.63) is 83.4 Å². The molecule has 27 heavy (non-hydrogen) atoms. The number of amides is 1. The first kappa shape index (κ1) is 18.7. The molecule has 5 heteroatoms. The van der Waals surface area contributed by atoms with Gasteiger partial charge in [-0.3, -0.25) is 9.59 Å². The summed E-state index contributed by atoms with van der Waals surface area (Å²) in [6, 6.07) is 22.2. The predicted octanol–water partition coefficient (Wildman–Crippen LogP) is 5.11. The zero-order valence-corrected chi connectivity index (χ0v) is 15.5.